The molecule has 0 bridgehead atoms. The van der Waals surface area contributed by atoms with Gasteiger partial charge in [0, 0.05) is 39.0 Å². The molecule has 0 aliphatic carbocycles. The van der Waals surface area contributed by atoms with Crippen LogP contribution in [0.3, 0.4) is 0 Å². The topological polar surface area (TPSA) is 46.6 Å². The Morgan fingerprint density at radius 3 is 3.05 bits per heavy atom. The number of ether oxygens (including phenoxy) is 2. The fourth-order valence-corrected chi connectivity index (χ4v) is 2.65. The minimum absolute atomic E-state index is 0.0282. The first kappa shape index (κ1) is 13.8. The van der Waals surface area contributed by atoms with Crippen LogP contribution >= 0.6 is 0 Å². The van der Waals surface area contributed by atoms with Gasteiger partial charge in [0.25, 0.3) is 0 Å². The molecule has 3 heterocycles. The summed E-state index contributed by atoms with van der Waals surface area (Å²) in [5.74, 6) is 1.05. The average Bonchev–Trinajstić information content (AvgIpc) is 2.55. The molecule has 1 unspecified atom stereocenters. The van der Waals surface area contributed by atoms with Gasteiger partial charge in [-0.2, -0.15) is 0 Å². The molecule has 0 saturated carbocycles. The van der Waals surface area contributed by atoms with E-state index in [1.165, 1.54) is 12.0 Å². The highest BCUT2D eigenvalue weighted by Gasteiger charge is 2.15. The number of anilines is 1. The third-order valence-corrected chi connectivity index (χ3v) is 3.82. The van der Waals surface area contributed by atoms with E-state index in [1.807, 2.05) is 12.3 Å². The van der Waals surface area contributed by atoms with Crippen molar-refractivity contribution in [3.8, 4) is 0 Å². The number of nitrogens with zero attached hydrogens (tertiary/aromatic N) is 2. The molecule has 0 radical (unpaired) electrons. The highest BCUT2D eigenvalue weighted by Crippen LogP contribution is 2.18. The number of hydrogen-bond donors (Lipinski definition) is 1. The van der Waals surface area contributed by atoms with Crippen molar-refractivity contribution in [2.24, 2.45) is 0 Å². The molecule has 0 amide bonds. The van der Waals surface area contributed by atoms with Crippen molar-refractivity contribution in [1.82, 2.24) is 10.3 Å². The Balaban J connectivity index is 1.56. The second-order valence-electron chi connectivity index (χ2n) is 5.37. The van der Waals surface area contributed by atoms with Crippen molar-refractivity contribution in [2.45, 2.75) is 32.2 Å². The number of rotatable bonds is 4. The maximum atomic E-state index is 5.83. The van der Waals surface area contributed by atoms with Crippen molar-refractivity contribution in [1.29, 1.82) is 0 Å². The van der Waals surface area contributed by atoms with E-state index in [9.17, 15) is 0 Å². The summed E-state index contributed by atoms with van der Waals surface area (Å²) in [6.07, 6.45) is 5.21. The molecule has 2 fully saturated rings. The second-order valence-corrected chi connectivity index (χ2v) is 5.37. The van der Waals surface area contributed by atoms with Crippen LogP contribution < -0.4 is 10.2 Å². The molecule has 20 heavy (non-hydrogen) atoms. The summed E-state index contributed by atoms with van der Waals surface area (Å²) in [4.78, 5) is 6.79. The van der Waals surface area contributed by atoms with Gasteiger partial charge in [0.2, 0.25) is 0 Å². The summed E-state index contributed by atoms with van der Waals surface area (Å²) in [7, 11) is 0. The monoisotopic (exact) mass is 277 g/mol. The standard InChI is InChI=1S/C15H23N3O2/c1-2-10-19-15(3-1)20-12-13-4-5-17-14(11-13)18-8-6-16-7-9-18/h4-5,11,15-16H,1-3,6-10,12H2. The van der Waals surface area contributed by atoms with Crippen LogP contribution in [0.2, 0.25) is 0 Å². The Bertz CT molecular complexity index is 415. The van der Waals surface area contributed by atoms with Gasteiger partial charge in [-0.05, 0) is 37.0 Å². The van der Waals surface area contributed by atoms with E-state index in [1.54, 1.807) is 0 Å². The maximum Gasteiger partial charge on any atom is 0.158 e. The summed E-state index contributed by atoms with van der Waals surface area (Å²) in [6, 6.07) is 4.16. The van der Waals surface area contributed by atoms with Crippen molar-refractivity contribution < 1.29 is 9.47 Å². The molecule has 3 rings (SSSR count). The van der Waals surface area contributed by atoms with Crippen molar-refractivity contribution in [3.63, 3.8) is 0 Å². The van der Waals surface area contributed by atoms with Crippen LogP contribution in [0.25, 0.3) is 0 Å². The fraction of sp³-hybridized carbons (Fsp3) is 0.667. The first-order valence-electron chi connectivity index (χ1n) is 7.55. The Kier molecular flexibility index (Phi) is 4.84. The third kappa shape index (κ3) is 3.69. The molecule has 1 N–H and O–H groups in total. The smallest absolute Gasteiger partial charge is 0.158 e. The van der Waals surface area contributed by atoms with E-state index >= 15 is 0 Å². The number of piperazine rings is 1. The van der Waals surface area contributed by atoms with Gasteiger partial charge >= 0.3 is 0 Å². The molecular weight excluding hydrogens is 254 g/mol. The Hall–Kier alpha value is -1.17. The number of aromatic nitrogens is 1. The molecule has 5 heteroatoms. The molecule has 110 valence electrons. The molecule has 5 nitrogen and oxygen atoms in total. The second kappa shape index (κ2) is 7.02. The minimum atomic E-state index is -0.0282. The van der Waals surface area contributed by atoms with Gasteiger partial charge < -0.3 is 19.7 Å². The van der Waals surface area contributed by atoms with Gasteiger partial charge in [-0.3, -0.25) is 0 Å². The Morgan fingerprint density at radius 1 is 1.35 bits per heavy atom. The van der Waals surface area contributed by atoms with E-state index in [4.69, 9.17) is 9.47 Å². The summed E-state index contributed by atoms with van der Waals surface area (Å²) in [5, 5.41) is 3.36. The zero-order chi connectivity index (χ0) is 13.6. The van der Waals surface area contributed by atoms with Crippen LogP contribution in [0.5, 0.6) is 0 Å². The van der Waals surface area contributed by atoms with Crippen LogP contribution in [0.4, 0.5) is 5.82 Å². The predicted octanol–water partition coefficient (Wildman–Crippen LogP) is 1.53. The molecule has 1 atom stereocenters. The largest absolute Gasteiger partial charge is 0.354 e. The number of hydrogen-bond acceptors (Lipinski definition) is 5. The average molecular weight is 277 g/mol. The first-order valence-corrected chi connectivity index (χ1v) is 7.55. The molecule has 2 aliphatic heterocycles. The normalized spacial score (nSPS) is 23.8. The van der Waals surface area contributed by atoms with Gasteiger partial charge in [0.15, 0.2) is 6.29 Å². The van der Waals surface area contributed by atoms with Crippen LogP contribution in [0, 0.1) is 0 Å². The van der Waals surface area contributed by atoms with E-state index in [-0.39, 0.29) is 6.29 Å². The van der Waals surface area contributed by atoms with Crippen molar-refractivity contribution >= 4 is 5.82 Å². The Morgan fingerprint density at radius 2 is 2.25 bits per heavy atom. The maximum absolute atomic E-state index is 5.83. The highest BCUT2D eigenvalue weighted by atomic mass is 16.7. The van der Waals surface area contributed by atoms with Crippen LogP contribution in [0.15, 0.2) is 18.3 Å². The quantitative estimate of drug-likeness (QED) is 0.904. The number of nitrogens with one attached hydrogen (secondary N) is 1. The highest BCUT2D eigenvalue weighted by molar-refractivity contribution is 5.41. The van der Waals surface area contributed by atoms with E-state index in [0.29, 0.717) is 6.61 Å². The van der Waals surface area contributed by atoms with Crippen LogP contribution in [0.1, 0.15) is 24.8 Å². The van der Waals surface area contributed by atoms with Gasteiger partial charge in [0.05, 0.1) is 6.61 Å². The molecule has 1 aromatic rings. The zero-order valence-corrected chi connectivity index (χ0v) is 11.9. The molecule has 0 spiro atoms. The molecule has 0 aromatic carbocycles. The lowest BCUT2D eigenvalue weighted by atomic mass is 10.2. The lowest BCUT2D eigenvalue weighted by Gasteiger charge is -2.28. The molecule has 2 saturated heterocycles. The van der Waals surface area contributed by atoms with E-state index < -0.39 is 0 Å². The summed E-state index contributed by atoms with van der Waals surface area (Å²) >= 11 is 0. The van der Waals surface area contributed by atoms with Gasteiger partial charge in [-0.15, -0.1) is 0 Å². The van der Waals surface area contributed by atoms with Crippen LogP contribution in [-0.2, 0) is 16.1 Å². The minimum Gasteiger partial charge on any atom is -0.354 e. The lowest BCUT2D eigenvalue weighted by Crippen LogP contribution is -2.43. The van der Waals surface area contributed by atoms with Gasteiger partial charge in [-0.1, -0.05) is 0 Å². The van der Waals surface area contributed by atoms with E-state index in [0.717, 1.165) is 51.4 Å². The van der Waals surface area contributed by atoms with Gasteiger partial charge in [-0.25, -0.2) is 4.98 Å². The summed E-state index contributed by atoms with van der Waals surface area (Å²) in [6.45, 7) is 5.52. The summed E-state index contributed by atoms with van der Waals surface area (Å²) in [5.41, 5.74) is 1.17. The number of pyridine rings is 1. The SMILES string of the molecule is c1cc(COC2CCCCO2)cc(N2CCNCC2)n1. The summed E-state index contributed by atoms with van der Waals surface area (Å²) < 4.78 is 11.4. The van der Waals surface area contributed by atoms with E-state index in [2.05, 4.69) is 21.3 Å². The Labute approximate surface area is 120 Å². The van der Waals surface area contributed by atoms with Crippen molar-refractivity contribution in [2.75, 3.05) is 37.7 Å². The van der Waals surface area contributed by atoms with Gasteiger partial charge in [0.1, 0.15) is 5.82 Å². The molecular formula is C15H23N3O2. The first-order chi connectivity index (χ1) is 9.92. The predicted molar refractivity (Wildman–Crippen MR) is 77.7 cm³/mol. The lowest BCUT2D eigenvalue weighted by molar-refractivity contribution is -0.168. The van der Waals surface area contributed by atoms with Crippen LogP contribution in [-0.4, -0.2) is 44.1 Å². The zero-order valence-electron chi connectivity index (χ0n) is 11.9. The molecule has 1 aromatic heterocycles. The third-order valence-electron chi connectivity index (χ3n) is 3.82. The molecule has 2 aliphatic rings. The van der Waals surface area contributed by atoms with Crippen molar-refractivity contribution in [3.05, 3.63) is 23.9 Å². The fourth-order valence-electron chi connectivity index (χ4n) is 2.65.